The highest BCUT2D eigenvalue weighted by molar-refractivity contribution is 9.10. The van der Waals surface area contributed by atoms with Crippen LogP contribution in [0.4, 0.5) is 10.5 Å². The summed E-state index contributed by atoms with van der Waals surface area (Å²) in [6, 6.07) is 7.23. The van der Waals surface area contributed by atoms with Gasteiger partial charge in [-0.2, -0.15) is 0 Å². The fourth-order valence-electron chi connectivity index (χ4n) is 0.822. The Hall–Kier alpha value is -1.29. The average molecular weight is 256 g/mol. The van der Waals surface area contributed by atoms with E-state index in [2.05, 4.69) is 27.8 Å². The first kappa shape index (κ1) is 10.8. The maximum absolute atomic E-state index is 11.1. The van der Waals surface area contributed by atoms with Crippen molar-refractivity contribution in [2.75, 3.05) is 11.9 Å². The van der Waals surface area contributed by atoms with Crippen LogP contribution in [-0.4, -0.2) is 12.7 Å². The second kappa shape index (κ2) is 5.44. The predicted octanol–water partition coefficient (Wildman–Crippen LogP) is 3.18. The van der Waals surface area contributed by atoms with Crippen LogP contribution in [0, 0.1) is 0 Å². The number of hydrogen-bond donors (Lipinski definition) is 1. The number of ether oxygens (including phenoxy) is 1. The van der Waals surface area contributed by atoms with Gasteiger partial charge in [0.05, 0.1) is 0 Å². The summed E-state index contributed by atoms with van der Waals surface area (Å²) in [6.45, 7) is 3.65. The summed E-state index contributed by atoms with van der Waals surface area (Å²) in [5.41, 5.74) is 0.697. The van der Waals surface area contributed by atoms with Gasteiger partial charge in [-0.1, -0.05) is 28.6 Å². The Kier molecular flexibility index (Phi) is 4.19. The van der Waals surface area contributed by atoms with Crippen LogP contribution in [0.2, 0.25) is 0 Å². The number of anilines is 1. The van der Waals surface area contributed by atoms with E-state index in [1.807, 2.05) is 12.1 Å². The number of halogens is 1. The summed E-state index contributed by atoms with van der Waals surface area (Å²) in [6.07, 6.45) is 1.04. The Morgan fingerprint density at radius 1 is 1.50 bits per heavy atom. The van der Waals surface area contributed by atoms with Gasteiger partial charge in [0.2, 0.25) is 0 Å². The van der Waals surface area contributed by atoms with Crippen molar-refractivity contribution >= 4 is 27.7 Å². The lowest BCUT2D eigenvalue weighted by Crippen LogP contribution is -2.13. The number of carbonyl (C=O) groups excluding carboxylic acids is 1. The molecule has 0 bridgehead atoms. The maximum atomic E-state index is 11.1. The highest BCUT2D eigenvalue weighted by atomic mass is 79.9. The van der Waals surface area contributed by atoms with Crippen LogP contribution < -0.4 is 5.32 Å². The first-order chi connectivity index (χ1) is 6.72. The number of amides is 1. The third kappa shape index (κ3) is 3.62. The van der Waals surface area contributed by atoms with E-state index in [9.17, 15) is 4.79 Å². The quantitative estimate of drug-likeness (QED) is 0.843. The summed E-state index contributed by atoms with van der Waals surface area (Å²) >= 11 is 3.30. The molecule has 0 saturated heterocycles. The molecule has 1 aromatic rings. The third-order valence-corrected chi connectivity index (χ3v) is 1.95. The van der Waals surface area contributed by atoms with Gasteiger partial charge in [0.1, 0.15) is 6.61 Å². The number of benzene rings is 1. The lowest BCUT2D eigenvalue weighted by molar-refractivity contribution is 0.174. The average Bonchev–Trinajstić information content (AvgIpc) is 2.18. The fraction of sp³-hybridized carbons (Fsp3) is 0.100. The van der Waals surface area contributed by atoms with E-state index >= 15 is 0 Å². The minimum atomic E-state index is -0.479. The van der Waals surface area contributed by atoms with Gasteiger partial charge >= 0.3 is 6.09 Å². The van der Waals surface area contributed by atoms with Gasteiger partial charge in [0.15, 0.2) is 0 Å². The molecule has 4 heteroatoms. The van der Waals surface area contributed by atoms with Crippen LogP contribution in [0.25, 0.3) is 0 Å². The third-order valence-electron chi connectivity index (χ3n) is 1.42. The zero-order valence-electron chi connectivity index (χ0n) is 7.50. The van der Waals surface area contributed by atoms with E-state index in [4.69, 9.17) is 4.74 Å². The molecule has 74 valence electrons. The van der Waals surface area contributed by atoms with E-state index in [1.165, 1.54) is 6.08 Å². The van der Waals surface area contributed by atoms with Gasteiger partial charge in [-0.15, -0.1) is 0 Å². The molecule has 14 heavy (non-hydrogen) atoms. The van der Waals surface area contributed by atoms with Gasteiger partial charge in [-0.05, 0) is 24.3 Å². The number of hydrogen-bond acceptors (Lipinski definition) is 2. The SMILES string of the molecule is C=CCOC(=O)Nc1ccc(Br)cc1. The molecule has 3 nitrogen and oxygen atoms in total. The summed E-state index contributed by atoms with van der Waals surface area (Å²) in [5, 5.41) is 2.57. The minimum absolute atomic E-state index is 0.211. The molecule has 0 aliphatic carbocycles. The molecule has 0 atom stereocenters. The van der Waals surface area contributed by atoms with Crippen LogP contribution in [0.1, 0.15) is 0 Å². The molecule has 1 amide bonds. The van der Waals surface area contributed by atoms with E-state index in [0.29, 0.717) is 5.69 Å². The molecule has 0 saturated carbocycles. The van der Waals surface area contributed by atoms with Crippen molar-refractivity contribution in [2.24, 2.45) is 0 Å². The first-order valence-electron chi connectivity index (χ1n) is 4.02. The molecule has 1 aromatic carbocycles. The fourth-order valence-corrected chi connectivity index (χ4v) is 1.09. The molecule has 0 aliphatic rings. The van der Waals surface area contributed by atoms with E-state index in [0.717, 1.165) is 4.47 Å². The highest BCUT2D eigenvalue weighted by Crippen LogP contribution is 2.14. The molecule has 0 heterocycles. The van der Waals surface area contributed by atoms with Crippen LogP contribution in [0.15, 0.2) is 41.4 Å². The molecular weight excluding hydrogens is 246 g/mol. The smallest absolute Gasteiger partial charge is 0.411 e. The molecule has 0 unspecified atom stereocenters. The van der Waals surface area contributed by atoms with Gasteiger partial charge in [0, 0.05) is 10.2 Å². The summed E-state index contributed by atoms with van der Waals surface area (Å²) in [5.74, 6) is 0. The first-order valence-corrected chi connectivity index (χ1v) is 4.82. The maximum Gasteiger partial charge on any atom is 0.411 e. The summed E-state index contributed by atoms with van der Waals surface area (Å²) in [4.78, 5) is 11.1. The number of nitrogens with one attached hydrogen (secondary N) is 1. The largest absolute Gasteiger partial charge is 0.445 e. The van der Waals surface area contributed by atoms with Crippen molar-refractivity contribution in [3.05, 3.63) is 41.4 Å². The summed E-state index contributed by atoms with van der Waals surface area (Å²) < 4.78 is 5.71. The van der Waals surface area contributed by atoms with E-state index < -0.39 is 6.09 Å². The van der Waals surface area contributed by atoms with E-state index in [1.54, 1.807) is 12.1 Å². The Bertz CT molecular complexity index is 321. The van der Waals surface area contributed by atoms with Crippen molar-refractivity contribution in [1.29, 1.82) is 0 Å². The van der Waals surface area contributed by atoms with Gasteiger partial charge < -0.3 is 4.74 Å². The van der Waals surface area contributed by atoms with Gasteiger partial charge in [-0.3, -0.25) is 5.32 Å². The van der Waals surface area contributed by atoms with Crippen LogP contribution in [0.5, 0.6) is 0 Å². The molecule has 1 rings (SSSR count). The van der Waals surface area contributed by atoms with Gasteiger partial charge in [0.25, 0.3) is 0 Å². The van der Waals surface area contributed by atoms with Crippen molar-refractivity contribution in [3.8, 4) is 0 Å². The van der Waals surface area contributed by atoms with Gasteiger partial charge in [-0.25, -0.2) is 4.79 Å². The zero-order valence-corrected chi connectivity index (χ0v) is 9.08. The Morgan fingerprint density at radius 3 is 2.71 bits per heavy atom. The lowest BCUT2D eigenvalue weighted by Gasteiger charge is -2.04. The highest BCUT2D eigenvalue weighted by Gasteiger charge is 2.00. The molecule has 0 spiro atoms. The second-order valence-electron chi connectivity index (χ2n) is 2.52. The Balaban J connectivity index is 2.47. The van der Waals surface area contributed by atoms with Crippen molar-refractivity contribution < 1.29 is 9.53 Å². The molecule has 0 fully saturated rings. The Labute approximate surface area is 90.9 Å². The molecule has 1 N–H and O–H groups in total. The Morgan fingerprint density at radius 2 is 2.14 bits per heavy atom. The van der Waals surface area contributed by atoms with E-state index in [-0.39, 0.29) is 6.61 Å². The molecule has 0 aromatic heterocycles. The number of rotatable bonds is 3. The van der Waals surface area contributed by atoms with Crippen molar-refractivity contribution in [3.63, 3.8) is 0 Å². The lowest BCUT2D eigenvalue weighted by atomic mass is 10.3. The second-order valence-corrected chi connectivity index (χ2v) is 3.43. The molecule has 0 aliphatic heterocycles. The molecular formula is C10H10BrNO2. The topological polar surface area (TPSA) is 38.3 Å². The normalized spacial score (nSPS) is 9.21. The summed E-state index contributed by atoms with van der Waals surface area (Å²) in [7, 11) is 0. The van der Waals surface area contributed by atoms with Crippen molar-refractivity contribution in [2.45, 2.75) is 0 Å². The molecule has 0 radical (unpaired) electrons. The van der Waals surface area contributed by atoms with Crippen LogP contribution >= 0.6 is 15.9 Å². The minimum Gasteiger partial charge on any atom is -0.445 e. The monoisotopic (exact) mass is 255 g/mol. The van der Waals surface area contributed by atoms with Crippen molar-refractivity contribution in [1.82, 2.24) is 0 Å². The van der Waals surface area contributed by atoms with Crippen LogP contribution in [0.3, 0.4) is 0 Å². The predicted molar refractivity (Wildman–Crippen MR) is 59.3 cm³/mol. The zero-order chi connectivity index (χ0) is 10.4. The standard InChI is InChI=1S/C10H10BrNO2/c1-2-7-14-10(13)12-9-5-3-8(11)4-6-9/h2-6H,1,7H2,(H,12,13). The van der Waals surface area contributed by atoms with Crippen LogP contribution in [-0.2, 0) is 4.74 Å². The number of carbonyl (C=O) groups is 1.